The molecule has 0 atom stereocenters. The smallest absolute Gasteiger partial charge is 0.146 e. The first-order valence-electron chi connectivity index (χ1n) is 6.86. The summed E-state index contributed by atoms with van der Waals surface area (Å²) in [5.41, 5.74) is 1.20. The molecule has 0 aliphatic rings. The molecule has 3 nitrogen and oxygen atoms in total. The van der Waals surface area contributed by atoms with Gasteiger partial charge in [0.05, 0.1) is 0 Å². The minimum absolute atomic E-state index is 0.449. The molecule has 0 amide bonds. The topological polar surface area (TPSA) is 34.4 Å². The van der Waals surface area contributed by atoms with Gasteiger partial charge in [0, 0.05) is 16.6 Å². The molecule has 108 valence electrons. The van der Waals surface area contributed by atoms with Crippen LogP contribution in [-0.2, 0) is 13.2 Å². The highest BCUT2D eigenvalue weighted by molar-refractivity contribution is 9.10. The Bertz CT molecular complexity index is 551. The van der Waals surface area contributed by atoms with Gasteiger partial charge in [-0.2, -0.15) is 0 Å². The summed E-state index contributed by atoms with van der Waals surface area (Å²) < 4.78 is 12.5. The van der Waals surface area contributed by atoms with Crippen LogP contribution in [0.5, 0.6) is 5.75 Å². The molecule has 1 heterocycles. The normalized spacial score (nSPS) is 10.8. The number of aryl methyl sites for hydroxylation is 1. The van der Waals surface area contributed by atoms with Gasteiger partial charge in [0.2, 0.25) is 0 Å². The standard InChI is InChI=1S/C16H20BrNO2/c1-3-7-18-10-13-8-16(20-12(13)2)11-19-15-6-4-5-14(17)9-15/h4-6,8-9,18H,3,7,10-11H2,1-2H3. The molecule has 1 aromatic carbocycles. The number of halogens is 1. The van der Waals surface area contributed by atoms with Crippen LogP contribution in [0.15, 0.2) is 39.2 Å². The number of ether oxygens (including phenoxy) is 1. The SMILES string of the molecule is CCCNCc1cc(COc2cccc(Br)c2)oc1C. The van der Waals surface area contributed by atoms with Crippen LogP contribution in [0.25, 0.3) is 0 Å². The Morgan fingerprint density at radius 2 is 2.15 bits per heavy atom. The maximum atomic E-state index is 5.72. The van der Waals surface area contributed by atoms with E-state index in [1.807, 2.05) is 31.2 Å². The molecule has 1 aromatic heterocycles. The van der Waals surface area contributed by atoms with Crippen LogP contribution in [0.3, 0.4) is 0 Å². The first-order chi connectivity index (χ1) is 9.69. The molecule has 0 unspecified atom stereocenters. The van der Waals surface area contributed by atoms with Crippen molar-refractivity contribution < 1.29 is 9.15 Å². The summed E-state index contributed by atoms with van der Waals surface area (Å²) in [7, 11) is 0. The fourth-order valence-electron chi connectivity index (χ4n) is 1.95. The highest BCUT2D eigenvalue weighted by Crippen LogP contribution is 2.20. The van der Waals surface area contributed by atoms with Crippen molar-refractivity contribution in [2.24, 2.45) is 0 Å². The van der Waals surface area contributed by atoms with Gasteiger partial charge >= 0.3 is 0 Å². The lowest BCUT2D eigenvalue weighted by atomic mass is 10.2. The zero-order valence-corrected chi connectivity index (χ0v) is 13.5. The van der Waals surface area contributed by atoms with Gasteiger partial charge in [0.15, 0.2) is 0 Å². The van der Waals surface area contributed by atoms with Crippen molar-refractivity contribution in [1.29, 1.82) is 0 Å². The number of hydrogen-bond acceptors (Lipinski definition) is 3. The van der Waals surface area contributed by atoms with Crippen molar-refractivity contribution in [2.45, 2.75) is 33.4 Å². The Labute approximate surface area is 128 Å². The molecule has 20 heavy (non-hydrogen) atoms. The summed E-state index contributed by atoms with van der Waals surface area (Å²) in [5.74, 6) is 2.65. The van der Waals surface area contributed by atoms with Crippen LogP contribution < -0.4 is 10.1 Å². The summed E-state index contributed by atoms with van der Waals surface area (Å²) >= 11 is 3.43. The maximum Gasteiger partial charge on any atom is 0.146 e. The van der Waals surface area contributed by atoms with E-state index in [1.54, 1.807) is 0 Å². The lowest BCUT2D eigenvalue weighted by Gasteiger charge is -2.03. The Kier molecular flexibility index (Phi) is 5.68. The number of nitrogens with one attached hydrogen (secondary N) is 1. The zero-order chi connectivity index (χ0) is 14.4. The molecule has 0 bridgehead atoms. The largest absolute Gasteiger partial charge is 0.486 e. The summed E-state index contributed by atoms with van der Waals surface area (Å²) in [5, 5.41) is 3.38. The molecule has 4 heteroatoms. The van der Waals surface area contributed by atoms with E-state index < -0.39 is 0 Å². The van der Waals surface area contributed by atoms with Gasteiger partial charge in [-0.25, -0.2) is 0 Å². The first-order valence-corrected chi connectivity index (χ1v) is 7.65. The average Bonchev–Trinajstić information content (AvgIpc) is 2.78. The molecule has 0 radical (unpaired) electrons. The number of furan rings is 1. The van der Waals surface area contributed by atoms with Crippen molar-refractivity contribution >= 4 is 15.9 Å². The Balaban J connectivity index is 1.91. The van der Waals surface area contributed by atoms with Crippen LogP contribution in [0.4, 0.5) is 0 Å². The second-order valence-electron chi connectivity index (χ2n) is 4.72. The third kappa shape index (κ3) is 4.39. The molecule has 0 fully saturated rings. The van der Waals surface area contributed by atoms with E-state index >= 15 is 0 Å². The average molecular weight is 338 g/mol. The highest BCUT2D eigenvalue weighted by Gasteiger charge is 2.07. The summed E-state index contributed by atoms with van der Waals surface area (Å²) in [6.45, 7) is 6.47. The fourth-order valence-corrected chi connectivity index (χ4v) is 2.32. The number of benzene rings is 1. The minimum Gasteiger partial charge on any atom is -0.486 e. The van der Waals surface area contributed by atoms with Gasteiger partial charge in [-0.3, -0.25) is 0 Å². The van der Waals surface area contributed by atoms with Crippen LogP contribution in [0.1, 0.15) is 30.4 Å². The molecule has 0 aliphatic carbocycles. The van der Waals surface area contributed by atoms with Crippen molar-refractivity contribution in [3.63, 3.8) is 0 Å². The fraction of sp³-hybridized carbons (Fsp3) is 0.375. The van der Waals surface area contributed by atoms with Gasteiger partial charge in [-0.1, -0.05) is 28.9 Å². The second kappa shape index (κ2) is 7.50. The maximum absolute atomic E-state index is 5.72. The van der Waals surface area contributed by atoms with Crippen LogP contribution in [0, 0.1) is 6.92 Å². The molecule has 1 N–H and O–H groups in total. The predicted molar refractivity (Wildman–Crippen MR) is 83.9 cm³/mol. The molecule has 0 saturated carbocycles. The summed E-state index contributed by atoms with van der Waals surface area (Å²) in [6.07, 6.45) is 1.13. The Hall–Kier alpha value is -1.26. The van der Waals surface area contributed by atoms with Crippen LogP contribution in [-0.4, -0.2) is 6.54 Å². The monoisotopic (exact) mass is 337 g/mol. The van der Waals surface area contributed by atoms with E-state index in [1.165, 1.54) is 5.56 Å². The van der Waals surface area contributed by atoms with Gasteiger partial charge in [0.1, 0.15) is 23.9 Å². The molecule has 0 spiro atoms. The van der Waals surface area contributed by atoms with E-state index in [-0.39, 0.29) is 0 Å². The van der Waals surface area contributed by atoms with Crippen LogP contribution >= 0.6 is 15.9 Å². The highest BCUT2D eigenvalue weighted by atomic mass is 79.9. The second-order valence-corrected chi connectivity index (χ2v) is 5.63. The van der Waals surface area contributed by atoms with Gasteiger partial charge in [-0.05, 0) is 44.2 Å². The summed E-state index contributed by atoms with van der Waals surface area (Å²) in [6, 6.07) is 9.87. The number of hydrogen-bond donors (Lipinski definition) is 1. The van der Waals surface area contributed by atoms with Gasteiger partial charge < -0.3 is 14.5 Å². The molecule has 2 aromatic rings. The van der Waals surface area contributed by atoms with Crippen molar-refractivity contribution in [1.82, 2.24) is 5.32 Å². The van der Waals surface area contributed by atoms with E-state index in [9.17, 15) is 0 Å². The molecular formula is C16H20BrNO2. The molecular weight excluding hydrogens is 318 g/mol. The summed E-state index contributed by atoms with van der Waals surface area (Å²) in [4.78, 5) is 0. The van der Waals surface area contributed by atoms with Crippen molar-refractivity contribution in [2.75, 3.05) is 6.54 Å². The molecule has 0 aliphatic heterocycles. The Morgan fingerprint density at radius 3 is 2.90 bits per heavy atom. The third-order valence-electron chi connectivity index (χ3n) is 2.99. The van der Waals surface area contributed by atoms with Crippen LogP contribution in [0.2, 0.25) is 0 Å². The Morgan fingerprint density at radius 1 is 1.30 bits per heavy atom. The van der Waals surface area contributed by atoms with E-state index in [4.69, 9.17) is 9.15 Å². The van der Waals surface area contributed by atoms with E-state index in [2.05, 4.69) is 34.2 Å². The minimum atomic E-state index is 0.449. The first kappa shape index (κ1) is 15.1. The quantitative estimate of drug-likeness (QED) is 0.759. The van der Waals surface area contributed by atoms with E-state index in [0.29, 0.717) is 6.61 Å². The van der Waals surface area contributed by atoms with Gasteiger partial charge in [0.25, 0.3) is 0 Å². The third-order valence-corrected chi connectivity index (χ3v) is 3.48. The number of rotatable bonds is 7. The molecule has 0 saturated heterocycles. The lowest BCUT2D eigenvalue weighted by Crippen LogP contribution is -2.13. The van der Waals surface area contributed by atoms with Gasteiger partial charge in [-0.15, -0.1) is 0 Å². The molecule has 2 rings (SSSR count). The van der Waals surface area contributed by atoms with Crippen molar-refractivity contribution in [3.05, 3.63) is 51.9 Å². The lowest BCUT2D eigenvalue weighted by molar-refractivity contribution is 0.267. The predicted octanol–water partition coefficient (Wildman–Crippen LogP) is 4.43. The van der Waals surface area contributed by atoms with E-state index in [0.717, 1.165) is 41.3 Å². The zero-order valence-electron chi connectivity index (χ0n) is 11.9. The van der Waals surface area contributed by atoms with Crippen molar-refractivity contribution in [3.8, 4) is 5.75 Å².